The monoisotopic (exact) mass is 294 g/mol. The number of benzene rings is 2. The largest absolute Gasteiger partial charge is 0.385 e. The lowest BCUT2D eigenvalue weighted by molar-refractivity contribution is 0.0999. The first-order chi connectivity index (χ1) is 10.6. The second-order valence-corrected chi connectivity index (χ2v) is 4.86. The number of hydrogen-bond acceptors (Lipinski definition) is 3. The van der Waals surface area contributed by atoms with Crippen molar-refractivity contribution in [2.45, 2.75) is 0 Å². The molecule has 0 saturated heterocycles. The van der Waals surface area contributed by atoms with Gasteiger partial charge in [-0.3, -0.25) is 9.59 Å². The molecule has 2 aromatic carbocycles. The Kier molecular flexibility index (Phi) is 3.27. The van der Waals surface area contributed by atoms with Gasteiger partial charge in [-0.15, -0.1) is 0 Å². The molecule has 1 aromatic heterocycles. The van der Waals surface area contributed by atoms with Gasteiger partial charge in [0, 0.05) is 22.2 Å². The highest BCUT2D eigenvalue weighted by Gasteiger charge is 2.14. The van der Waals surface area contributed by atoms with Crippen molar-refractivity contribution in [2.24, 2.45) is 5.73 Å². The van der Waals surface area contributed by atoms with Gasteiger partial charge in [-0.1, -0.05) is 18.2 Å². The Morgan fingerprint density at radius 1 is 1.05 bits per heavy atom. The normalized spacial score (nSPS) is 10.5. The molecular formula is C16H14N4O2. The fourth-order valence-electron chi connectivity index (χ4n) is 2.35. The summed E-state index contributed by atoms with van der Waals surface area (Å²) in [7, 11) is 0. The van der Waals surface area contributed by atoms with Gasteiger partial charge in [0.1, 0.15) is 5.82 Å². The first-order valence-corrected chi connectivity index (χ1v) is 6.63. The van der Waals surface area contributed by atoms with E-state index < -0.39 is 5.91 Å². The van der Waals surface area contributed by atoms with Crippen LogP contribution in [0.1, 0.15) is 20.7 Å². The summed E-state index contributed by atoms with van der Waals surface area (Å²) >= 11 is 0. The average molecular weight is 294 g/mol. The second kappa shape index (κ2) is 5.25. The predicted molar refractivity (Wildman–Crippen MR) is 85.6 cm³/mol. The molecule has 3 aromatic rings. The topological polar surface area (TPSA) is 114 Å². The van der Waals surface area contributed by atoms with Gasteiger partial charge in [0.15, 0.2) is 0 Å². The quantitative estimate of drug-likeness (QED) is 0.593. The van der Waals surface area contributed by atoms with Crippen molar-refractivity contribution in [3.63, 3.8) is 0 Å². The number of anilines is 2. The molecule has 0 spiro atoms. The Balaban J connectivity index is 1.93. The molecule has 0 atom stereocenters. The fourth-order valence-corrected chi connectivity index (χ4v) is 2.35. The van der Waals surface area contributed by atoms with Crippen LogP contribution < -0.4 is 16.8 Å². The van der Waals surface area contributed by atoms with E-state index in [1.807, 2.05) is 6.07 Å². The Hall–Kier alpha value is -3.28. The SMILES string of the molecule is NC(=O)c1c(N)[nH]c2cc(NC(=O)c3ccccc3)ccc12. The van der Waals surface area contributed by atoms with Crippen LogP contribution >= 0.6 is 0 Å². The summed E-state index contributed by atoms with van der Waals surface area (Å²) < 4.78 is 0. The summed E-state index contributed by atoms with van der Waals surface area (Å²) in [5, 5.41) is 3.42. The lowest BCUT2D eigenvalue weighted by Gasteiger charge is -2.05. The third kappa shape index (κ3) is 2.37. The molecular weight excluding hydrogens is 280 g/mol. The molecule has 6 nitrogen and oxygen atoms in total. The van der Waals surface area contributed by atoms with E-state index in [0.717, 1.165) is 0 Å². The number of aromatic nitrogens is 1. The Labute approximate surface area is 126 Å². The number of fused-ring (bicyclic) bond motifs is 1. The molecule has 0 aliphatic carbocycles. The van der Waals surface area contributed by atoms with E-state index in [1.165, 1.54) is 0 Å². The van der Waals surface area contributed by atoms with E-state index in [-0.39, 0.29) is 17.3 Å². The van der Waals surface area contributed by atoms with Crippen molar-refractivity contribution in [3.8, 4) is 0 Å². The highest BCUT2D eigenvalue weighted by atomic mass is 16.2. The minimum absolute atomic E-state index is 0.213. The molecule has 0 fully saturated rings. The number of amides is 2. The Morgan fingerprint density at radius 3 is 2.45 bits per heavy atom. The number of rotatable bonds is 3. The summed E-state index contributed by atoms with van der Waals surface area (Å²) in [4.78, 5) is 26.4. The molecule has 0 aliphatic heterocycles. The Morgan fingerprint density at radius 2 is 1.77 bits per heavy atom. The van der Waals surface area contributed by atoms with Gasteiger partial charge in [0.2, 0.25) is 0 Å². The number of H-pyrrole nitrogens is 1. The third-order valence-corrected chi connectivity index (χ3v) is 3.37. The van der Waals surface area contributed by atoms with Crippen molar-refractivity contribution in [3.05, 3.63) is 59.7 Å². The first kappa shape index (κ1) is 13.7. The van der Waals surface area contributed by atoms with Gasteiger partial charge in [0.25, 0.3) is 11.8 Å². The molecule has 0 saturated carbocycles. The molecule has 110 valence electrons. The van der Waals surface area contributed by atoms with Gasteiger partial charge in [-0.25, -0.2) is 0 Å². The third-order valence-electron chi connectivity index (χ3n) is 3.37. The van der Waals surface area contributed by atoms with E-state index in [4.69, 9.17) is 11.5 Å². The number of nitrogens with one attached hydrogen (secondary N) is 2. The van der Waals surface area contributed by atoms with Crippen LogP contribution in [-0.2, 0) is 0 Å². The lowest BCUT2D eigenvalue weighted by Crippen LogP contribution is -2.12. The summed E-state index contributed by atoms with van der Waals surface area (Å²) in [6.45, 7) is 0. The molecule has 0 unspecified atom stereocenters. The maximum atomic E-state index is 12.1. The Bertz CT molecular complexity index is 868. The van der Waals surface area contributed by atoms with Crippen LogP contribution in [0, 0.1) is 0 Å². The number of nitrogen functional groups attached to an aromatic ring is 1. The zero-order chi connectivity index (χ0) is 15.7. The van der Waals surface area contributed by atoms with E-state index in [9.17, 15) is 9.59 Å². The number of hydrogen-bond donors (Lipinski definition) is 4. The average Bonchev–Trinajstić information content (AvgIpc) is 2.83. The van der Waals surface area contributed by atoms with Crippen LogP contribution in [0.2, 0.25) is 0 Å². The van der Waals surface area contributed by atoms with E-state index in [0.29, 0.717) is 22.2 Å². The van der Waals surface area contributed by atoms with Crippen LogP contribution in [0.5, 0.6) is 0 Å². The van der Waals surface area contributed by atoms with Crippen molar-refractivity contribution in [2.75, 3.05) is 11.1 Å². The molecule has 22 heavy (non-hydrogen) atoms. The maximum absolute atomic E-state index is 12.1. The fraction of sp³-hybridized carbons (Fsp3) is 0. The maximum Gasteiger partial charge on any atom is 0.255 e. The lowest BCUT2D eigenvalue weighted by atomic mass is 10.1. The number of primary amides is 1. The molecule has 6 N–H and O–H groups in total. The smallest absolute Gasteiger partial charge is 0.255 e. The molecule has 0 radical (unpaired) electrons. The highest BCUT2D eigenvalue weighted by Crippen LogP contribution is 2.26. The van der Waals surface area contributed by atoms with Gasteiger partial charge < -0.3 is 21.8 Å². The van der Waals surface area contributed by atoms with Gasteiger partial charge in [0.05, 0.1) is 5.56 Å². The number of nitrogens with two attached hydrogens (primary N) is 2. The number of carbonyl (C=O) groups is 2. The summed E-state index contributed by atoms with van der Waals surface area (Å²) in [5.74, 6) is -0.589. The molecule has 0 bridgehead atoms. The van der Waals surface area contributed by atoms with E-state index in [1.54, 1.807) is 42.5 Å². The van der Waals surface area contributed by atoms with Crippen LogP contribution in [0.15, 0.2) is 48.5 Å². The summed E-state index contributed by atoms with van der Waals surface area (Å²) in [5.41, 5.74) is 13.1. The van der Waals surface area contributed by atoms with Gasteiger partial charge in [-0.05, 0) is 30.3 Å². The summed E-state index contributed by atoms with van der Waals surface area (Å²) in [6, 6.07) is 14.0. The minimum Gasteiger partial charge on any atom is -0.385 e. The zero-order valence-corrected chi connectivity index (χ0v) is 11.6. The van der Waals surface area contributed by atoms with E-state index >= 15 is 0 Å². The van der Waals surface area contributed by atoms with Gasteiger partial charge >= 0.3 is 0 Å². The molecule has 6 heteroatoms. The summed E-state index contributed by atoms with van der Waals surface area (Å²) in [6.07, 6.45) is 0. The highest BCUT2D eigenvalue weighted by molar-refractivity contribution is 6.12. The van der Waals surface area contributed by atoms with Crippen LogP contribution in [0.25, 0.3) is 10.9 Å². The van der Waals surface area contributed by atoms with Crippen LogP contribution in [0.4, 0.5) is 11.5 Å². The van der Waals surface area contributed by atoms with Crippen molar-refractivity contribution >= 4 is 34.2 Å². The van der Waals surface area contributed by atoms with Crippen LogP contribution in [0.3, 0.4) is 0 Å². The number of aromatic amines is 1. The molecule has 1 heterocycles. The predicted octanol–water partition coefficient (Wildman–Crippen LogP) is 2.10. The van der Waals surface area contributed by atoms with Gasteiger partial charge in [-0.2, -0.15) is 0 Å². The molecule has 0 aliphatic rings. The first-order valence-electron chi connectivity index (χ1n) is 6.63. The van der Waals surface area contributed by atoms with Crippen LogP contribution in [-0.4, -0.2) is 16.8 Å². The van der Waals surface area contributed by atoms with E-state index in [2.05, 4.69) is 10.3 Å². The van der Waals surface area contributed by atoms with Crippen molar-refractivity contribution in [1.82, 2.24) is 4.98 Å². The van der Waals surface area contributed by atoms with Crippen molar-refractivity contribution in [1.29, 1.82) is 0 Å². The van der Waals surface area contributed by atoms with Crippen molar-refractivity contribution < 1.29 is 9.59 Å². The molecule has 3 rings (SSSR count). The zero-order valence-electron chi connectivity index (χ0n) is 11.6. The minimum atomic E-state index is -0.593. The number of carbonyl (C=O) groups excluding carboxylic acids is 2. The molecule has 2 amide bonds. The standard InChI is InChI=1S/C16H14N4O2/c17-14-13(15(18)21)11-7-6-10(8-12(11)20-14)19-16(22)9-4-2-1-3-5-9/h1-8,20H,17H2,(H2,18,21)(H,19,22). The second-order valence-electron chi connectivity index (χ2n) is 4.86.